The maximum atomic E-state index is 12.2. The highest BCUT2D eigenvalue weighted by Gasteiger charge is 2.27. The van der Waals surface area contributed by atoms with Crippen molar-refractivity contribution in [3.63, 3.8) is 0 Å². The lowest BCUT2D eigenvalue weighted by molar-refractivity contribution is -0.907. The number of carbonyl (C=O) groups is 1. The van der Waals surface area contributed by atoms with Gasteiger partial charge in [-0.15, -0.1) is 0 Å². The minimum atomic E-state index is 0.150. The molecule has 1 aliphatic heterocycles. The molecule has 22 heavy (non-hydrogen) atoms. The van der Waals surface area contributed by atoms with Crippen molar-refractivity contribution in [1.29, 1.82) is 0 Å². The number of quaternary nitrogens is 1. The van der Waals surface area contributed by atoms with Crippen LogP contribution in [0.1, 0.15) is 32.8 Å². The van der Waals surface area contributed by atoms with E-state index in [0.29, 0.717) is 6.54 Å². The number of nitrogens with one attached hydrogen (secondary N) is 2. The van der Waals surface area contributed by atoms with Gasteiger partial charge < -0.3 is 15.0 Å². The summed E-state index contributed by atoms with van der Waals surface area (Å²) in [7, 11) is 0. The Morgan fingerprint density at radius 1 is 1.27 bits per heavy atom. The zero-order valence-electron chi connectivity index (χ0n) is 14.0. The van der Waals surface area contributed by atoms with E-state index in [0.717, 1.165) is 25.9 Å². The molecule has 1 amide bonds. The lowest BCUT2D eigenvalue weighted by atomic mass is 10.1. The maximum absolute atomic E-state index is 12.2. The molecule has 2 N–H and O–H groups in total. The summed E-state index contributed by atoms with van der Waals surface area (Å²) in [6.07, 6.45) is 2.45. The minimum Gasteiger partial charge on any atom is -0.364 e. The van der Waals surface area contributed by atoms with Gasteiger partial charge in [-0.1, -0.05) is 30.3 Å². The number of morpholine rings is 1. The van der Waals surface area contributed by atoms with Crippen LogP contribution in [0, 0.1) is 0 Å². The first-order chi connectivity index (χ1) is 10.5. The van der Waals surface area contributed by atoms with Gasteiger partial charge in [0.15, 0.2) is 6.54 Å². The van der Waals surface area contributed by atoms with Gasteiger partial charge in [-0.3, -0.25) is 4.79 Å². The predicted octanol–water partition coefficient (Wildman–Crippen LogP) is 0.816. The number of hydrogen-bond donors (Lipinski definition) is 2. The lowest BCUT2D eigenvalue weighted by Gasteiger charge is -2.32. The van der Waals surface area contributed by atoms with Gasteiger partial charge in [-0.25, -0.2) is 0 Å². The van der Waals surface area contributed by atoms with Crippen molar-refractivity contribution in [2.45, 2.75) is 51.9 Å². The highest BCUT2D eigenvalue weighted by Crippen LogP contribution is 2.04. The molecule has 1 aromatic rings. The molecule has 1 aromatic carbocycles. The second kappa shape index (κ2) is 8.30. The van der Waals surface area contributed by atoms with E-state index in [2.05, 4.69) is 50.4 Å². The maximum Gasteiger partial charge on any atom is 0.275 e. The first-order valence-corrected chi connectivity index (χ1v) is 8.35. The molecule has 0 bridgehead atoms. The van der Waals surface area contributed by atoms with Crippen LogP contribution in [-0.4, -0.2) is 43.8 Å². The quantitative estimate of drug-likeness (QED) is 0.817. The van der Waals surface area contributed by atoms with Gasteiger partial charge in [-0.05, 0) is 39.2 Å². The van der Waals surface area contributed by atoms with Gasteiger partial charge in [0.1, 0.15) is 25.3 Å². The van der Waals surface area contributed by atoms with E-state index in [9.17, 15) is 4.79 Å². The van der Waals surface area contributed by atoms with Crippen molar-refractivity contribution >= 4 is 5.91 Å². The second-order valence-electron chi connectivity index (χ2n) is 6.59. The van der Waals surface area contributed by atoms with Gasteiger partial charge in [-0.2, -0.15) is 0 Å². The summed E-state index contributed by atoms with van der Waals surface area (Å²) in [5, 5.41) is 3.13. The summed E-state index contributed by atoms with van der Waals surface area (Å²) in [6.45, 7) is 8.62. The summed E-state index contributed by atoms with van der Waals surface area (Å²) in [6, 6.07) is 10.6. The molecule has 1 saturated heterocycles. The van der Waals surface area contributed by atoms with Crippen LogP contribution < -0.4 is 10.2 Å². The van der Waals surface area contributed by atoms with Gasteiger partial charge in [0.25, 0.3) is 5.91 Å². The second-order valence-corrected chi connectivity index (χ2v) is 6.59. The van der Waals surface area contributed by atoms with Crippen LogP contribution in [0.5, 0.6) is 0 Å². The molecule has 0 unspecified atom stereocenters. The van der Waals surface area contributed by atoms with Crippen molar-refractivity contribution in [3.05, 3.63) is 35.9 Å². The zero-order chi connectivity index (χ0) is 15.9. The Labute approximate surface area is 133 Å². The third-order valence-electron chi connectivity index (χ3n) is 4.14. The van der Waals surface area contributed by atoms with Gasteiger partial charge in [0.2, 0.25) is 0 Å². The van der Waals surface area contributed by atoms with Crippen molar-refractivity contribution in [3.8, 4) is 0 Å². The van der Waals surface area contributed by atoms with E-state index >= 15 is 0 Å². The van der Waals surface area contributed by atoms with E-state index < -0.39 is 0 Å². The fourth-order valence-corrected chi connectivity index (χ4v) is 3.19. The SMILES string of the molecule is C[C@@H](CCc1ccccc1)NC(=O)C[NH+]1C[C@H](C)O[C@@H](C)C1. The molecule has 0 saturated carbocycles. The standard InChI is InChI=1S/C18H28N2O2/c1-14(9-10-17-7-5-4-6-8-17)19-18(21)13-20-11-15(2)22-16(3)12-20/h4-8,14-16H,9-13H2,1-3H3,(H,19,21)/p+1/t14-,15-,16-/m0/s1. The van der Waals surface area contributed by atoms with E-state index in [1.165, 1.54) is 10.5 Å². The lowest BCUT2D eigenvalue weighted by Crippen LogP contribution is -3.16. The van der Waals surface area contributed by atoms with Gasteiger partial charge in [0, 0.05) is 6.04 Å². The fourth-order valence-electron chi connectivity index (χ4n) is 3.19. The molecule has 2 rings (SSSR count). The highest BCUT2D eigenvalue weighted by molar-refractivity contribution is 5.77. The predicted molar refractivity (Wildman–Crippen MR) is 87.9 cm³/mol. The van der Waals surface area contributed by atoms with E-state index in [1.807, 2.05) is 6.07 Å². The molecule has 4 nitrogen and oxygen atoms in total. The molecule has 1 heterocycles. The Hall–Kier alpha value is -1.39. The Bertz CT molecular complexity index is 453. The molecule has 0 aliphatic carbocycles. The topological polar surface area (TPSA) is 42.8 Å². The summed E-state index contributed by atoms with van der Waals surface area (Å²) < 4.78 is 5.71. The van der Waals surface area contributed by atoms with Crippen molar-refractivity contribution in [2.75, 3.05) is 19.6 Å². The number of rotatable bonds is 6. The van der Waals surface area contributed by atoms with Crippen LogP contribution >= 0.6 is 0 Å². The fraction of sp³-hybridized carbons (Fsp3) is 0.611. The van der Waals surface area contributed by atoms with Crippen molar-refractivity contribution in [1.82, 2.24) is 5.32 Å². The Morgan fingerprint density at radius 3 is 2.55 bits per heavy atom. The number of carbonyl (C=O) groups excluding carboxylic acids is 1. The first kappa shape index (κ1) is 17.0. The largest absolute Gasteiger partial charge is 0.364 e. The molecule has 3 atom stereocenters. The Balaban J connectivity index is 1.69. The van der Waals surface area contributed by atoms with Crippen molar-refractivity contribution < 1.29 is 14.4 Å². The molecule has 0 spiro atoms. The monoisotopic (exact) mass is 305 g/mol. The average molecular weight is 305 g/mol. The zero-order valence-corrected chi connectivity index (χ0v) is 14.0. The Morgan fingerprint density at radius 2 is 1.91 bits per heavy atom. The number of hydrogen-bond acceptors (Lipinski definition) is 2. The number of ether oxygens (including phenoxy) is 1. The van der Waals surface area contributed by atoms with Crippen LogP contribution in [0.2, 0.25) is 0 Å². The Kier molecular flexibility index (Phi) is 6.40. The smallest absolute Gasteiger partial charge is 0.275 e. The average Bonchev–Trinajstić information content (AvgIpc) is 2.45. The number of benzene rings is 1. The minimum absolute atomic E-state index is 0.150. The summed E-state index contributed by atoms with van der Waals surface area (Å²) >= 11 is 0. The molecular formula is C18H29N2O2+. The molecule has 0 radical (unpaired) electrons. The van der Waals surface area contributed by atoms with Gasteiger partial charge >= 0.3 is 0 Å². The van der Waals surface area contributed by atoms with Crippen molar-refractivity contribution in [2.24, 2.45) is 0 Å². The summed E-state index contributed by atoms with van der Waals surface area (Å²) in [5.41, 5.74) is 1.32. The molecule has 0 aromatic heterocycles. The molecule has 1 aliphatic rings. The molecule has 122 valence electrons. The molecule has 4 heteroatoms. The third kappa shape index (κ3) is 5.78. The molecular weight excluding hydrogens is 276 g/mol. The van der Waals surface area contributed by atoms with E-state index in [4.69, 9.17) is 4.74 Å². The van der Waals surface area contributed by atoms with Crippen LogP contribution in [-0.2, 0) is 16.0 Å². The normalized spacial score (nSPS) is 26.4. The number of amides is 1. The van der Waals surface area contributed by atoms with Crippen LogP contribution in [0.3, 0.4) is 0 Å². The first-order valence-electron chi connectivity index (χ1n) is 8.35. The van der Waals surface area contributed by atoms with Crippen LogP contribution in [0.25, 0.3) is 0 Å². The van der Waals surface area contributed by atoms with Crippen LogP contribution in [0.4, 0.5) is 0 Å². The van der Waals surface area contributed by atoms with Gasteiger partial charge in [0.05, 0.1) is 0 Å². The van der Waals surface area contributed by atoms with E-state index in [-0.39, 0.29) is 24.2 Å². The highest BCUT2D eigenvalue weighted by atomic mass is 16.5. The summed E-state index contributed by atoms with van der Waals surface area (Å²) in [5.74, 6) is 0.150. The van der Waals surface area contributed by atoms with E-state index in [1.54, 1.807) is 0 Å². The summed E-state index contributed by atoms with van der Waals surface area (Å²) in [4.78, 5) is 13.5. The molecule has 1 fully saturated rings. The third-order valence-corrected chi connectivity index (χ3v) is 4.14. The van der Waals surface area contributed by atoms with Crippen LogP contribution in [0.15, 0.2) is 30.3 Å². The number of aryl methyl sites for hydroxylation is 1.